The Morgan fingerprint density at radius 3 is 2.95 bits per heavy atom. The molecule has 2 aromatic rings. The van der Waals surface area contributed by atoms with Gasteiger partial charge in [0, 0.05) is 42.3 Å². The van der Waals surface area contributed by atoms with Crippen molar-refractivity contribution in [3.8, 4) is 0 Å². The molecule has 1 aliphatic heterocycles. The van der Waals surface area contributed by atoms with Crippen molar-refractivity contribution in [1.29, 1.82) is 0 Å². The van der Waals surface area contributed by atoms with Gasteiger partial charge in [-0.2, -0.15) is 0 Å². The molecule has 4 nitrogen and oxygen atoms in total. The number of hydrogen-bond donors (Lipinski definition) is 1. The summed E-state index contributed by atoms with van der Waals surface area (Å²) in [6, 6.07) is 4.19. The molecule has 3 rings (SSSR count). The van der Waals surface area contributed by atoms with Gasteiger partial charge in [0.25, 0.3) is 0 Å². The van der Waals surface area contributed by atoms with Gasteiger partial charge in [0.1, 0.15) is 5.82 Å². The summed E-state index contributed by atoms with van der Waals surface area (Å²) in [5, 5.41) is 6.08. The van der Waals surface area contributed by atoms with Crippen LogP contribution in [-0.4, -0.2) is 31.0 Å². The lowest BCUT2D eigenvalue weighted by Gasteiger charge is -2.32. The maximum Gasteiger partial charge on any atom is 0.222 e. The summed E-state index contributed by atoms with van der Waals surface area (Å²) in [5.41, 5.74) is 0. The van der Waals surface area contributed by atoms with Crippen molar-refractivity contribution in [3.05, 3.63) is 23.7 Å². The van der Waals surface area contributed by atoms with Gasteiger partial charge in [0.15, 0.2) is 0 Å². The number of anilines is 1. The molecule has 100 valence electrons. The number of nitrogens with one attached hydrogen (secondary N) is 1. The first kappa shape index (κ1) is 12.4. The third-order valence-corrected chi connectivity index (χ3v) is 4.65. The molecule has 1 amide bonds. The summed E-state index contributed by atoms with van der Waals surface area (Å²) in [5.74, 6) is 1.39. The first-order valence-corrected chi connectivity index (χ1v) is 7.46. The number of carbonyl (C=O) groups is 1. The highest BCUT2D eigenvalue weighted by molar-refractivity contribution is 7.17. The Kier molecular flexibility index (Phi) is 3.38. The fraction of sp³-hybridized carbons (Fsp3) is 0.429. The highest BCUT2D eigenvalue weighted by Crippen LogP contribution is 2.30. The Morgan fingerprint density at radius 1 is 1.42 bits per heavy atom. The summed E-state index contributed by atoms with van der Waals surface area (Å²) >= 11 is 1.74. The van der Waals surface area contributed by atoms with E-state index in [4.69, 9.17) is 0 Å². The second-order valence-corrected chi connectivity index (χ2v) is 5.79. The van der Waals surface area contributed by atoms with Crippen LogP contribution in [-0.2, 0) is 4.79 Å². The maximum atomic E-state index is 11.6. The van der Waals surface area contributed by atoms with E-state index in [9.17, 15) is 4.79 Å². The molecule has 1 saturated heterocycles. The number of nitrogens with zero attached hydrogens (tertiary/aromatic N) is 2. The average molecular weight is 275 g/mol. The average Bonchev–Trinajstić information content (AvgIpc) is 2.95. The second kappa shape index (κ2) is 5.17. The smallest absolute Gasteiger partial charge is 0.222 e. The molecular formula is C14H17N3OS. The zero-order valence-electron chi connectivity index (χ0n) is 10.9. The van der Waals surface area contributed by atoms with E-state index in [1.807, 2.05) is 6.20 Å². The molecule has 1 N–H and O–H groups in total. The maximum absolute atomic E-state index is 11.6. The number of thiophene rings is 1. The zero-order valence-corrected chi connectivity index (χ0v) is 11.7. The number of hydrogen-bond acceptors (Lipinski definition) is 4. The van der Waals surface area contributed by atoms with Crippen molar-refractivity contribution >= 4 is 33.1 Å². The van der Waals surface area contributed by atoms with Crippen molar-refractivity contribution in [2.45, 2.75) is 12.8 Å². The number of amides is 1. The van der Waals surface area contributed by atoms with Crippen molar-refractivity contribution in [2.75, 3.05) is 25.0 Å². The Bertz CT molecular complexity index is 587. The number of rotatable bonds is 2. The molecule has 19 heavy (non-hydrogen) atoms. The van der Waals surface area contributed by atoms with E-state index >= 15 is 0 Å². The topological polar surface area (TPSA) is 45.2 Å². The minimum Gasteiger partial charge on any atom is -0.359 e. The van der Waals surface area contributed by atoms with Gasteiger partial charge in [-0.15, -0.1) is 11.3 Å². The molecule has 2 aromatic heterocycles. The largest absolute Gasteiger partial charge is 0.359 e. The summed E-state index contributed by atoms with van der Waals surface area (Å²) in [7, 11) is 1.71. The number of fused-ring (bicyclic) bond motifs is 1. The Balaban J connectivity index is 1.78. The first-order valence-electron chi connectivity index (χ1n) is 6.58. The molecule has 3 heterocycles. The SMILES string of the molecule is CNC(=O)C1CCN(c2nccc3sccc23)CC1. The molecule has 0 spiro atoms. The lowest BCUT2D eigenvalue weighted by molar-refractivity contribution is -0.125. The monoisotopic (exact) mass is 275 g/mol. The van der Waals surface area contributed by atoms with Crippen molar-refractivity contribution in [2.24, 2.45) is 5.92 Å². The first-order chi connectivity index (χ1) is 9.29. The Hall–Kier alpha value is -1.62. The van der Waals surface area contributed by atoms with Crippen LogP contribution < -0.4 is 10.2 Å². The molecule has 0 unspecified atom stereocenters. The van der Waals surface area contributed by atoms with Crippen LogP contribution >= 0.6 is 11.3 Å². The summed E-state index contributed by atoms with van der Waals surface area (Å²) in [4.78, 5) is 18.5. The summed E-state index contributed by atoms with van der Waals surface area (Å²) in [6.45, 7) is 1.81. The van der Waals surface area contributed by atoms with Crippen LogP contribution in [0.1, 0.15) is 12.8 Å². The molecule has 0 saturated carbocycles. The predicted molar refractivity (Wildman–Crippen MR) is 78.6 cm³/mol. The summed E-state index contributed by atoms with van der Waals surface area (Å²) in [6.07, 6.45) is 3.68. The summed E-state index contributed by atoms with van der Waals surface area (Å²) < 4.78 is 1.28. The fourth-order valence-corrected chi connectivity index (χ4v) is 3.47. The molecule has 0 aromatic carbocycles. The number of carbonyl (C=O) groups excluding carboxylic acids is 1. The third kappa shape index (κ3) is 2.30. The van der Waals surface area contributed by atoms with Crippen LogP contribution in [0.25, 0.3) is 10.1 Å². The number of pyridine rings is 1. The molecular weight excluding hydrogens is 258 g/mol. The Labute approximate surface area is 116 Å². The van der Waals surface area contributed by atoms with Crippen LogP contribution in [0.15, 0.2) is 23.7 Å². The van der Waals surface area contributed by atoms with Gasteiger partial charge in [-0.05, 0) is 30.4 Å². The normalized spacial score (nSPS) is 16.8. The molecule has 0 radical (unpaired) electrons. The van der Waals surface area contributed by atoms with E-state index in [1.165, 1.54) is 10.1 Å². The fourth-order valence-electron chi connectivity index (χ4n) is 2.69. The van der Waals surface area contributed by atoms with Gasteiger partial charge < -0.3 is 10.2 Å². The van der Waals surface area contributed by atoms with E-state index < -0.39 is 0 Å². The van der Waals surface area contributed by atoms with Crippen LogP contribution in [0.2, 0.25) is 0 Å². The molecule has 1 fully saturated rings. The van der Waals surface area contributed by atoms with Gasteiger partial charge in [0.2, 0.25) is 5.91 Å². The van der Waals surface area contributed by atoms with E-state index in [2.05, 4.69) is 32.7 Å². The molecule has 0 bridgehead atoms. The minimum absolute atomic E-state index is 0.155. The second-order valence-electron chi connectivity index (χ2n) is 4.84. The molecule has 5 heteroatoms. The molecule has 0 atom stereocenters. The third-order valence-electron chi connectivity index (χ3n) is 3.77. The van der Waals surface area contributed by atoms with Crippen molar-refractivity contribution in [1.82, 2.24) is 10.3 Å². The van der Waals surface area contributed by atoms with Crippen LogP contribution in [0.3, 0.4) is 0 Å². The van der Waals surface area contributed by atoms with Gasteiger partial charge in [0.05, 0.1) is 0 Å². The molecule has 1 aliphatic rings. The number of aromatic nitrogens is 1. The van der Waals surface area contributed by atoms with E-state index in [0.717, 1.165) is 31.7 Å². The standard InChI is InChI=1S/C14H17N3OS/c1-15-14(18)10-3-7-17(8-4-10)13-11-5-9-19-12(11)2-6-16-13/h2,5-6,9-10H,3-4,7-8H2,1H3,(H,15,18). The lowest BCUT2D eigenvalue weighted by Crippen LogP contribution is -2.39. The quantitative estimate of drug-likeness (QED) is 0.914. The van der Waals surface area contributed by atoms with E-state index in [-0.39, 0.29) is 11.8 Å². The van der Waals surface area contributed by atoms with Crippen molar-refractivity contribution in [3.63, 3.8) is 0 Å². The van der Waals surface area contributed by atoms with Crippen LogP contribution in [0.4, 0.5) is 5.82 Å². The predicted octanol–water partition coefficient (Wildman–Crippen LogP) is 2.26. The van der Waals surface area contributed by atoms with Gasteiger partial charge in [-0.3, -0.25) is 4.79 Å². The lowest BCUT2D eigenvalue weighted by atomic mass is 9.96. The highest BCUT2D eigenvalue weighted by Gasteiger charge is 2.25. The van der Waals surface area contributed by atoms with Gasteiger partial charge in [-0.1, -0.05) is 0 Å². The zero-order chi connectivity index (χ0) is 13.2. The molecule has 0 aliphatic carbocycles. The van der Waals surface area contributed by atoms with E-state index in [0.29, 0.717) is 0 Å². The van der Waals surface area contributed by atoms with E-state index in [1.54, 1.807) is 18.4 Å². The minimum atomic E-state index is 0.155. The number of piperidine rings is 1. The van der Waals surface area contributed by atoms with Gasteiger partial charge >= 0.3 is 0 Å². The van der Waals surface area contributed by atoms with Gasteiger partial charge in [-0.25, -0.2) is 4.98 Å². The Morgan fingerprint density at radius 2 is 2.21 bits per heavy atom. The van der Waals surface area contributed by atoms with Crippen molar-refractivity contribution < 1.29 is 4.79 Å². The van der Waals surface area contributed by atoms with Crippen LogP contribution in [0.5, 0.6) is 0 Å². The highest BCUT2D eigenvalue weighted by atomic mass is 32.1. The van der Waals surface area contributed by atoms with Crippen LogP contribution in [0, 0.1) is 5.92 Å².